The zero-order valence-corrected chi connectivity index (χ0v) is 9.94. The van der Waals surface area contributed by atoms with Crippen LogP contribution in [0.25, 0.3) is 0 Å². The van der Waals surface area contributed by atoms with E-state index in [-0.39, 0.29) is 18.7 Å². The van der Waals surface area contributed by atoms with Crippen LogP contribution in [0.3, 0.4) is 0 Å². The van der Waals surface area contributed by atoms with Crippen LogP contribution >= 0.6 is 0 Å². The van der Waals surface area contributed by atoms with Crippen LogP contribution in [-0.2, 0) is 0 Å². The summed E-state index contributed by atoms with van der Waals surface area (Å²) in [5.74, 6) is -1.06. The highest BCUT2D eigenvalue weighted by molar-refractivity contribution is 5.88. The maximum atomic E-state index is 12.4. The molecule has 100 valence electrons. The first kappa shape index (κ1) is 14.4. The topological polar surface area (TPSA) is 60.8 Å². The van der Waals surface area contributed by atoms with E-state index in [0.29, 0.717) is 11.3 Å². The molecule has 0 aliphatic heterocycles. The number of halogens is 2. The van der Waals surface area contributed by atoms with Crippen molar-refractivity contribution in [2.75, 3.05) is 24.6 Å². The first-order valence-electron chi connectivity index (χ1n) is 5.43. The van der Waals surface area contributed by atoms with Gasteiger partial charge in [-0.15, -0.1) is 0 Å². The molecular formula is C12H15F2NO3. The Balaban J connectivity index is 3.01. The van der Waals surface area contributed by atoms with Gasteiger partial charge in [0.1, 0.15) is 0 Å². The molecular weight excluding hydrogens is 244 g/mol. The van der Waals surface area contributed by atoms with E-state index in [1.807, 2.05) is 0 Å². The molecule has 1 rings (SSSR count). The number of carbonyl (C=O) groups is 1. The Labute approximate surface area is 103 Å². The molecule has 4 nitrogen and oxygen atoms in total. The van der Waals surface area contributed by atoms with Crippen LogP contribution in [-0.4, -0.2) is 42.3 Å². The highest BCUT2D eigenvalue weighted by Crippen LogP contribution is 2.22. The number of carboxylic acids is 1. The zero-order chi connectivity index (χ0) is 13.7. The van der Waals surface area contributed by atoms with E-state index in [1.165, 1.54) is 23.1 Å². The highest BCUT2D eigenvalue weighted by atomic mass is 19.3. The molecule has 0 aliphatic rings. The van der Waals surface area contributed by atoms with Gasteiger partial charge in [0.15, 0.2) is 0 Å². The average molecular weight is 259 g/mol. The van der Waals surface area contributed by atoms with E-state index in [9.17, 15) is 13.6 Å². The van der Waals surface area contributed by atoms with Gasteiger partial charge < -0.3 is 15.1 Å². The Morgan fingerprint density at radius 2 is 2.11 bits per heavy atom. The largest absolute Gasteiger partial charge is 0.478 e. The van der Waals surface area contributed by atoms with Crippen molar-refractivity contribution < 1.29 is 23.8 Å². The quantitative estimate of drug-likeness (QED) is 0.817. The van der Waals surface area contributed by atoms with E-state index >= 15 is 0 Å². The van der Waals surface area contributed by atoms with Crippen molar-refractivity contribution in [2.24, 2.45) is 0 Å². The summed E-state index contributed by atoms with van der Waals surface area (Å²) in [6.45, 7) is 0.996. The molecule has 0 aliphatic carbocycles. The third-order valence-electron chi connectivity index (χ3n) is 2.51. The van der Waals surface area contributed by atoms with Crippen molar-refractivity contribution in [3.8, 4) is 0 Å². The van der Waals surface area contributed by atoms with Crippen LogP contribution in [0.1, 0.15) is 15.9 Å². The summed E-state index contributed by atoms with van der Waals surface area (Å²) >= 11 is 0. The fraction of sp³-hybridized carbons (Fsp3) is 0.417. The van der Waals surface area contributed by atoms with Crippen molar-refractivity contribution >= 4 is 11.7 Å². The number of nitrogens with zero attached hydrogens (tertiary/aromatic N) is 1. The number of alkyl halides is 2. The lowest BCUT2D eigenvalue weighted by Gasteiger charge is -2.25. The maximum Gasteiger partial charge on any atom is 0.335 e. The van der Waals surface area contributed by atoms with Crippen molar-refractivity contribution in [1.82, 2.24) is 0 Å². The summed E-state index contributed by atoms with van der Waals surface area (Å²) in [4.78, 5) is 12.1. The number of carboxylic acid groups (broad SMARTS) is 1. The maximum absolute atomic E-state index is 12.4. The summed E-state index contributed by atoms with van der Waals surface area (Å²) in [5, 5.41) is 17.7. The lowest BCUT2D eigenvalue weighted by molar-refractivity contribution is 0.0696. The minimum Gasteiger partial charge on any atom is -0.478 e. The molecule has 0 fully saturated rings. The van der Waals surface area contributed by atoms with E-state index in [0.717, 1.165) is 0 Å². The molecule has 0 unspecified atom stereocenters. The minimum absolute atomic E-state index is 0.0810. The van der Waals surface area contributed by atoms with Crippen LogP contribution in [0.2, 0.25) is 0 Å². The van der Waals surface area contributed by atoms with E-state index in [4.69, 9.17) is 10.2 Å². The number of aryl methyl sites for hydroxylation is 1. The Morgan fingerprint density at radius 1 is 1.44 bits per heavy atom. The number of aliphatic hydroxyl groups excluding tert-OH is 1. The molecule has 1 aromatic rings. The van der Waals surface area contributed by atoms with Gasteiger partial charge in [0, 0.05) is 12.2 Å². The fourth-order valence-electron chi connectivity index (χ4n) is 1.74. The minimum atomic E-state index is -2.52. The summed E-state index contributed by atoms with van der Waals surface area (Å²) < 4.78 is 24.8. The number of hydrogen-bond acceptors (Lipinski definition) is 3. The summed E-state index contributed by atoms with van der Waals surface area (Å²) in [7, 11) is 0. The Bertz CT molecular complexity index is 424. The predicted molar refractivity (Wildman–Crippen MR) is 63.4 cm³/mol. The van der Waals surface area contributed by atoms with Gasteiger partial charge in [-0.3, -0.25) is 0 Å². The van der Waals surface area contributed by atoms with Gasteiger partial charge in [-0.2, -0.15) is 0 Å². The van der Waals surface area contributed by atoms with Crippen LogP contribution < -0.4 is 4.90 Å². The van der Waals surface area contributed by atoms with Gasteiger partial charge in [-0.25, -0.2) is 13.6 Å². The smallest absolute Gasteiger partial charge is 0.335 e. The Kier molecular flexibility index (Phi) is 5.03. The lowest BCUT2D eigenvalue weighted by Crippen LogP contribution is -2.32. The number of rotatable bonds is 6. The van der Waals surface area contributed by atoms with Crippen LogP contribution in [0.4, 0.5) is 14.5 Å². The number of hydrogen-bond donors (Lipinski definition) is 2. The summed E-state index contributed by atoms with van der Waals surface area (Å²) in [5.41, 5.74) is 1.20. The molecule has 18 heavy (non-hydrogen) atoms. The van der Waals surface area contributed by atoms with Crippen LogP contribution in [0, 0.1) is 6.92 Å². The monoisotopic (exact) mass is 259 g/mol. The molecule has 0 amide bonds. The SMILES string of the molecule is Cc1cc(C(=O)O)ccc1N(CCO)CC(F)F. The number of aliphatic hydroxyl groups is 1. The predicted octanol–water partition coefficient (Wildman–Crippen LogP) is 1.76. The molecule has 0 bridgehead atoms. The average Bonchev–Trinajstić information content (AvgIpc) is 2.27. The van der Waals surface area contributed by atoms with Crippen molar-refractivity contribution in [1.29, 1.82) is 0 Å². The molecule has 2 N–H and O–H groups in total. The first-order chi connectivity index (χ1) is 8.45. The molecule has 0 spiro atoms. The van der Waals surface area contributed by atoms with Gasteiger partial charge in [0.25, 0.3) is 6.43 Å². The standard InChI is InChI=1S/C12H15F2NO3/c1-8-6-9(12(17)18)2-3-10(8)15(4-5-16)7-11(13)14/h2-3,6,11,16H,4-5,7H2,1H3,(H,17,18). The second kappa shape index (κ2) is 6.30. The van der Waals surface area contributed by atoms with Gasteiger partial charge in [-0.1, -0.05) is 0 Å². The third kappa shape index (κ3) is 3.66. The second-order valence-electron chi connectivity index (χ2n) is 3.87. The van der Waals surface area contributed by atoms with Gasteiger partial charge in [0.2, 0.25) is 0 Å². The van der Waals surface area contributed by atoms with E-state index in [2.05, 4.69) is 0 Å². The number of benzene rings is 1. The molecule has 6 heteroatoms. The van der Waals surface area contributed by atoms with Gasteiger partial charge in [-0.05, 0) is 30.7 Å². The molecule has 0 aromatic heterocycles. The molecule has 0 saturated carbocycles. The van der Waals surface area contributed by atoms with Crippen LogP contribution in [0.5, 0.6) is 0 Å². The number of aromatic carboxylic acids is 1. The Hall–Kier alpha value is -1.69. The van der Waals surface area contributed by atoms with Crippen LogP contribution in [0.15, 0.2) is 18.2 Å². The molecule has 0 saturated heterocycles. The lowest BCUT2D eigenvalue weighted by atomic mass is 10.1. The van der Waals surface area contributed by atoms with E-state index < -0.39 is 18.9 Å². The Morgan fingerprint density at radius 3 is 2.56 bits per heavy atom. The normalized spacial score (nSPS) is 10.7. The molecule has 0 atom stereocenters. The molecule has 0 radical (unpaired) electrons. The fourth-order valence-corrected chi connectivity index (χ4v) is 1.74. The molecule has 0 heterocycles. The third-order valence-corrected chi connectivity index (χ3v) is 2.51. The van der Waals surface area contributed by atoms with E-state index in [1.54, 1.807) is 6.92 Å². The first-order valence-corrected chi connectivity index (χ1v) is 5.43. The van der Waals surface area contributed by atoms with Gasteiger partial charge in [0.05, 0.1) is 18.7 Å². The van der Waals surface area contributed by atoms with Crippen molar-refractivity contribution in [3.05, 3.63) is 29.3 Å². The zero-order valence-electron chi connectivity index (χ0n) is 9.94. The van der Waals surface area contributed by atoms with Gasteiger partial charge >= 0.3 is 5.97 Å². The second-order valence-corrected chi connectivity index (χ2v) is 3.87. The molecule has 1 aromatic carbocycles. The summed E-state index contributed by atoms with van der Waals surface area (Å²) in [6, 6.07) is 4.27. The van der Waals surface area contributed by atoms with Crippen molar-refractivity contribution in [2.45, 2.75) is 13.3 Å². The highest BCUT2D eigenvalue weighted by Gasteiger charge is 2.15. The number of anilines is 1. The summed E-state index contributed by atoms with van der Waals surface area (Å²) in [6.07, 6.45) is -2.52. The van der Waals surface area contributed by atoms with Crippen molar-refractivity contribution in [3.63, 3.8) is 0 Å².